The fraction of sp³-hybridized carbons (Fsp3) is 0.400. The third kappa shape index (κ3) is 4.01. The Hall–Kier alpha value is -2.59. The molecule has 0 spiro atoms. The zero-order chi connectivity index (χ0) is 21.3. The van der Waals surface area contributed by atoms with Crippen LogP contribution in [0.1, 0.15) is 23.3 Å². The highest BCUT2D eigenvalue weighted by Crippen LogP contribution is 2.23. The van der Waals surface area contributed by atoms with Gasteiger partial charge in [0.25, 0.3) is 5.91 Å². The van der Waals surface area contributed by atoms with Crippen molar-refractivity contribution in [2.24, 2.45) is 0 Å². The lowest BCUT2D eigenvalue weighted by Gasteiger charge is -2.34. The number of carbonyl (C=O) groups excluding carboxylic acids is 1. The normalized spacial score (nSPS) is 18.1. The molecule has 160 valence electrons. The maximum atomic E-state index is 14.0. The van der Waals surface area contributed by atoms with Crippen molar-refractivity contribution in [2.75, 3.05) is 44.2 Å². The summed E-state index contributed by atoms with van der Waals surface area (Å²) < 4.78 is 53.6. The Labute approximate surface area is 174 Å². The Morgan fingerprint density at radius 2 is 1.63 bits per heavy atom. The van der Waals surface area contributed by atoms with Gasteiger partial charge in [0.15, 0.2) is 0 Å². The molecule has 3 heterocycles. The molecule has 1 amide bonds. The molecule has 2 aromatic rings. The van der Waals surface area contributed by atoms with Crippen LogP contribution in [0.3, 0.4) is 0 Å². The lowest BCUT2D eigenvalue weighted by Crippen LogP contribution is -2.50. The summed E-state index contributed by atoms with van der Waals surface area (Å²) in [5.41, 5.74) is 1.28. The molecule has 0 atom stereocenters. The molecular weight excluding hydrogens is 414 g/mol. The van der Waals surface area contributed by atoms with Gasteiger partial charge in [-0.15, -0.1) is 0 Å². The third-order valence-electron chi connectivity index (χ3n) is 5.47. The molecule has 0 radical (unpaired) electrons. The largest absolute Gasteiger partial charge is 0.371 e. The Balaban J connectivity index is 1.44. The number of pyridine rings is 1. The van der Waals surface area contributed by atoms with E-state index in [2.05, 4.69) is 9.88 Å². The molecule has 10 heteroatoms. The van der Waals surface area contributed by atoms with Crippen molar-refractivity contribution < 1.29 is 22.0 Å². The molecule has 1 aromatic heterocycles. The van der Waals surface area contributed by atoms with Crippen LogP contribution in [0.2, 0.25) is 0 Å². The van der Waals surface area contributed by atoms with Crippen molar-refractivity contribution in [3.05, 3.63) is 53.9 Å². The molecule has 0 bridgehead atoms. The van der Waals surface area contributed by atoms with Gasteiger partial charge in [-0.25, -0.2) is 17.2 Å². The molecule has 2 aliphatic rings. The minimum Gasteiger partial charge on any atom is -0.371 e. The molecule has 0 N–H and O–H groups in total. The van der Waals surface area contributed by atoms with Crippen LogP contribution in [-0.4, -0.2) is 67.8 Å². The Bertz CT molecular complexity index is 1050. The minimum atomic E-state index is -4.11. The number of aromatic nitrogens is 1. The van der Waals surface area contributed by atoms with Gasteiger partial charge in [-0.05, 0) is 37.1 Å². The van der Waals surface area contributed by atoms with E-state index in [0.29, 0.717) is 11.8 Å². The topological polar surface area (TPSA) is 73.8 Å². The van der Waals surface area contributed by atoms with Crippen molar-refractivity contribution in [3.63, 3.8) is 0 Å². The maximum Gasteiger partial charge on any atom is 0.272 e. The molecule has 0 unspecified atom stereocenters. The number of anilines is 1. The fourth-order valence-electron chi connectivity index (χ4n) is 3.83. The zero-order valence-electron chi connectivity index (χ0n) is 16.3. The molecular formula is C20H22F2N4O3S. The number of halogens is 2. The number of amides is 1. The predicted molar refractivity (Wildman–Crippen MR) is 107 cm³/mol. The molecule has 1 aromatic carbocycles. The van der Waals surface area contributed by atoms with E-state index in [0.717, 1.165) is 48.1 Å². The van der Waals surface area contributed by atoms with Gasteiger partial charge < -0.3 is 9.80 Å². The van der Waals surface area contributed by atoms with Gasteiger partial charge in [-0.3, -0.25) is 9.78 Å². The quantitative estimate of drug-likeness (QED) is 0.734. The van der Waals surface area contributed by atoms with Gasteiger partial charge in [0.1, 0.15) is 22.2 Å². The van der Waals surface area contributed by atoms with Gasteiger partial charge in [-0.1, -0.05) is 0 Å². The summed E-state index contributed by atoms with van der Waals surface area (Å²) in [4.78, 5) is 20.2. The first-order valence-electron chi connectivity index (χ1n) is 9.82. The SMILES string of the molecule is O=C(c1cc(N2CCCC2)ccn1)N1CCN(S(=O)(=O)c2ccc(F)cc2F)CC1. The molecule has 4 rings (SSSR count). The number of hydrogen-bond acceptors (Lipinski definition) is 5. The second-order valence-electron chi connectivity index (χ2n) is 7.36. The van der Waals surface area contributed by atoms with E-state index in [1.165, 1.54) is 0 Å². The van der Waals surface area contributed by atoms with Crippen molar-refractivity contribution in [1.29, 1.82) is 0 Å². The van der Waals surface area contributed by atoms with Crippen LogP contribution in [0.15, 0.2) is 41.4 Å². The second-order valence-corrected chi connectivity index (χ2v) is 9.27. The first-order chi connectivity index (χ1) is 14.4. The van der Waals surface area contributed by atoms with Crippen molar-refractivity contribution in [3.8, 4) is 0 Å². The van der Waals surface area contributed by atoms with Crippen LogP contribution in [0.5, 0.6) is 0 Å². The van der Waals surface area contributed by atoms with E-state index in [1.807, 2.05) is 6.07 Å². The molecule has 2 saturated heterocycles. The van der Waals surface area contributed by atoms with Gasteiger partial charge in [0.2, 0.25) is 10.0 Å². The summed E-state index contributed by atoms with van der Waals surface area (Å²) >= 11 is 0. The van der Waals surface area contributed by atoms with Crippen molar-refractivity contribution in [1.82, 2.24) is 14.2 Å². The third-order valence-corrected chi connectivity index (χ3v) is 7.40. The number of piperazine rings is 1. The van der Waals surface area contributed by atoms with Gasteiger partial charge in [0, 0.05) is 57.2 Å². The average molecular weight is 436 g/mol. The monoisotopic (exact) mass is 436 g/mol. The van der Waals surface area contributed by atoms with Gasteiger partial charge in [-0.2, -0.15) is 4.31 Å². The van der Waals surface area contributed by atoms with E-state index in [1.54, 1.807) is 17.2 Å². The lowest BCUT2D eigenvalue weighted by atomic mass is 10.2. The number of carbonyl (C=O) groups is 1. The van der Waals surface area contributed by atoms with Crippen LogP contribution in [0.4, 0.5) is 14.5 Å². The molecule has 30 heavy (non-hydrogen) atoms. The highest BCUT2D eigenvalue weighted by Gasteiger charge is 2.32. The number of benzene rings is 1. The second kappa shape index (κ2) is 8.27. The van der Waals surface area contributed by atoms with Crippen LogP contribution in [0, 0.1) is 11.6 Å². The number of rotatable bonds is 4. The van der Waals surface area contributed by atoms with Gasteiger partial charge in [0.05, 0.1) is 0 Å². The summed E-state index contributed by atoms with van der Waals surface area (Å²) in [5, 5.41) is 0. The predicted octanol–water partition coefficient (Wildman–Crippen LogP) is 2.11. The van der Waals surface area contributed by atoms with E-state index in [4.69, 9.17) is 0 Å². The van der Waals surface area contributed by atoms with Crippen LogP contribution in [-0.2, 0) is 10.0 Å². The number of sulfonamides is 1. The smallest absolute Gasteiger partial charge is 0.272 e. The molecule has 2 aliphatic heterocycles. The number of nitrogens with zero attached hydrogens (tertiary/aromatic N) is 4. The highest BCUT2D eigenvalue weighted by atomic mass is 32.2. The van der Waals surface area contributed by atoms with E-state index >= 15 is 0 Å². The summed E-state index contributed by atoms with van der Waals surface area (Å²) in [7, 11) is -4.11. The molecule has 0 aliphatic carbocycles. The lowest BCUT2D eigenvalue weighted by molar-refractivity contribution is 0.0692. The molecule has 0 saturated carbocycles. The summed E-state index contributed by atoms with van der Waals surface area (Å²) in [6.07, 6.45) is 3.85. The van der Waals surface area contributed by atoms with Crippen LogP contribution < -0.4 is 4.90 Å². The van der Waals surface area contributed by atoms with Crippen molar-refractivity contribution in [2.45, 2.75) is 17.7 Å². The van der Waals surface area contributed by atoms with E-state index < -0.39 is 26.6 Å². The van der Waals surface area contributed by atoms with Crippen LogP contribution in [0.25, 0.3) is 0 Å². The maximum absolute atomic E-state index is 14.0. The van der Waals surface area contributed by atoms with E-state index in [9.17, 15) is 22.0 Å². The minimum absolute atomic E-state index is 0.0245. The van der Waals surface area contributed by atoms with E-state index in [-0.39, 0.29) is 32.1 Å². The molecule has 2 fully saturated rings. The molecule has 7 nitrogen and oxygen atoms in total. The van der Waals surface area contributed by atoms with Crippen LogP contribution >= 0.6 is 0 Å². The van der Waals surface area contributed by atoms with Crippen molar-refractivity contribution >= 4 is 21.6 Å². The average Bonchev–Trinajstić information content (AvgIpc) is 3.28. The Kier molecular flexibility index (Phi) is 5.70. The summed E-state index contributed by atoms with van der Waals surface area (Å²) in [6, 6.07) is 6.03. The standard InChI is InChI=1S/C20H22F2N4O3S/c21-15-3-4-19(17(22)13-15)30(28,29)26-11-9-25(10-12-26)20(27)18-14-16(5-6-23-18)24-7-1-2-8-24/h3-6,13-14H,1-2,7-12H2. The first kappa shape index (κ1) is 20.7. The highest BCUT2D eigenvalue weighted by molar-refractivity contribution is 7.89. The number of hydrogen-bond donors (Lipinski definition) is 0. The summed E-state index contributed by atoms with van der Waals surface area (Å²) in [6.45, 7) is 2.28. The first-order valence-corrected chi connectivity index (χ1v) is 11.3. The van der Waals surface area contributed by atoms with Gasteiger partial charge >= 0.3 is 0 Å². The fourth-order valence-corrected chi connectivity index (χ4v) is 5.29. The summed E-state index contributed by atoms with van der Waals surface area (Å²) in [5.74, 6) is -2.23. The Morgan fingerprint density at radius 3 is 2.30 bits per heavy atom. The Morgan fingerprint density at radius 1 is 0.933 bits per heavy atom. The zero-order valence-corrected chi connectivity index (χ0v) is 17.1.